The molecule has 4 heteroatoms. The highest BCUT2D eigenvalue weighted by molar-refractivity contribution is 6.74. The van der Waals surface area contributed by atoms with E-state index in [1.165, 1.54) is 0 Å². The van der Waals surface area contributed by atoms with Crippen LogP contribution in [0.1, 0.15) is 34.1 Å². The van der Waals surface area contributed by atoms with Crippen LogP contribution in [0.2, 0.25) is 18.1 Å². The molecule has 1 atom stereocenters. The summed E-state index contributed by atoms with van der Waals surface area (Å²) in [6.45, 7) is 14.8. The fourth-order valence-electron chi connectivity index (χ4n) is 1.50. The predicted molar refractivity (Wildman–Crippen MR) is 68.9 cm³/mol. The van der Waals surface area contributed by atoms with Crippen molar-refractivity contribution < 1.29 is 9.22 Å². The van der Waals surface area contributed by atoms with E-state index in [2.05, 4.69) is 46.1 Å². The van der Waals surface area contributed by atoms with Gasteiger partial charge >= 0.3 is 0 Å². The minimum Gasteiger partial charge on any atom is -0.416 e. The Balaban J connectivity index is 2.55. The summed E-state index contributed by atoms with van der Waals surface area (Å²) >= 11 is 0. The topological polar surface area (TPSA) is 38.3 Å². The van der Waals surface area contributed by atoms with Crippen molar-refractivity contribution in [3.05, 3.63) is 0 Å². The van der Waals surface area contributed by atoms with Crippen molar-refractivity contribution in [2.24, 2.45) is 5.41 Å². The molecular formula is C12H25NO2Si. The molecule has 0 spiro atoms. The average molecular weight is 243 g/mol. The molecule has 3 nitrogen and oxygen atoms in total. The molecule has 1 fully saturated rings. The first-order chi connectivity index (χ1) is 7.06. The fourth-order valence-corrected chi connectivity index (χ4v) is 2.64. The summed E-state index contributed by atoms with van der Waals surface area (Å²) in [5.74, 6) is 0.154. The molecule has 0 saturated carbocycles. The van der Waals surface area contributed by atoms with Crippen LogP contribution in [0.15, 0.2) is 0 Å². The van der Waals surface area contributed by atoms with E-state index in [0.717, 1.165) is 6.54 Å². The Morgan fingerprint density at radius 2 is 2.00 bits per heavy atom. The van der Waals surface area contributed by atoms with E-state index in [0.29, 0.717) is 13.0 Å². The van der Waals surface area contributed by atoms with Gasteiger partial charge in [0.15, 0.2) is 8.32 Å². The van der Waals surface area contributed by atoms with Crippen molar-refractivity contribution in [2.75, 3.05) is 13.2 Å². The summed E-state index contributed by atoms with van der Waals surface area (Å²) in [4.78, 5) is 11.2. The van der Waals surface area contributed by atoms with Crippen molar-refractivity contribution in [1.29, 1.82) is 0 Å². The third-order valence-electron chi connectivity index (χ3n) is 3.89. The number of carbonyl (C=O) groups excluding carboxylic acids is 1. The lowest BCUT2D eigenvalue weighted by Gasteiger charge is -2.38. The molecule has 1 heterocycles. The number of nitrogens with one attached hydrogen (secondary N) is 1. The van der Waals surface area contributed by atoms with E-state index in [1.807, 2.05) is 0 Å². The first kappa shape index (κ1) is 13.7. The normalized spacial score (nSPS) is 27.0. The summed E-state index contributed by atoms with van der Waals surface area (Å²) in [6.07, 6.45) is 0.599. The number of rotatable bonds is 3. The van der Waals surface area contributed by atoms with E-state index in [1.54, 1.807) is 0 Å². The first-order valence-corrected chi connectivity index (χ1v) is 8.87. The van der Waals surface area contributed by atoms with Gasteiger partial charge in [-0.15, -0.1) is 0 Å². The van der Waals surface area contributed by atoms with Crippen molar-refractivity contribution in [3.8, 4) is 0 Å². The van der Waals surface area contributed by atoms with Crippen LogP contribution in [-0.4, -0.2) is 27.4 Å². The van der Waals surface area contributed by atoms with Gasteiger partial charge in [-0.25, -0.2) is 0 Å². The Hall–Kier alpha value is -0.353. The van der Waals surface area contributed by atoms with Crippen molar-refractivity contribution in [3.63, 3.8) is 0 Å². The molecule has 1 amide bonds. The van der Waals surface area contributed by atoms with Gasteiger partial charge < -0.3 is 9.74 Å². The molecule has 1 N–H and O–H groups in total. The third-order valence-corrected chi connectivity index (χ3v) is 8.37. The van der Waals surface area contributed by atoms with Crippen LogP contribution < -0.4 is 5.32 Å². The molecule has 0 radical (unpaired) electrons. The lowest BCUT2D eigenvalue weighted by atomic mass is 9.91. The van der Waals surface area contributed by atoms with Gasteiger partial charge in [-0.1, -0.05) is 27.7 Å². The maximum Gasteiger partial charge on any atom is 0.220 e. The number of hydrogen-bond donors (Lipinski definition) is 1. The first-order valence-electron chi connectivity index (χ1n) is 5.96. The van der Waals surface area contributed by atoms with Crippen molar-refractivity contribution >= 4 is 14.2 Å². The van der Waals surface area contributed by atoms with Crippen LogP contribution >= 0.6 is 0 Å². The highest BCUT2D eigenvalue weighted by Gasteiger charge is 2.41. The summed E-state index contributed by atoms with van der Waals surface area (Å²) in [5.41, 5.74) is -0.00734. The number of hydrogen-bond acceptors (Lipinski definition) is 2. The maximum absolute atomic E-state index is 11.2. The Morgan fingerprint density at radius 1 is 1.44 bits per heavy atom. The zero-order valence-corrected chi connectivity index (χ0v) is 12.4. The van der Waals surface area contributed by atoms with E-state index in [4.69, 9.17) is 4.43 Å². The molecule has 0 aromatic rings. The molecular weight excluding hydrogens is 218 g/mol. The molecule has 0 aromatic carbocycles. The highest BCUT2D eigenvalue weighted by atomic mass is 28.4. The third kappa shape index (κ3) is 3.07. The second-order valence-electron chi connectivity index (χ2n) is 6.81. The Morgan fingerprint density at radius 3 is 2.38 bits per heavy atom. The van der Waals surface area contributed by atoms with E-state index in [-0.39, 0.29) is 16.4 Å². The van der Waals surface area contributed by atoms with Gasteiger partial charge in [0.05, 0.1) is 0 Å². The summed E-state index contributed by atoms with van der Waals surface area (Å²) in [6, 6.07) is 0. The molecule has 94 valence electrons. The molecule has 16 heavy (non-hydrogen) atoms. The Bertz CT molecular complexity index is 283. The minimum absolute atomic E-state index is 0.00734. The van der Waals surface area contributed by atoms with Gasteiger partial charge in [0.25, 0.3) is 0 Å². The van der Waals surface area contributed by atoms with Crippen LogP contribution in [0, 0.1) is 5.41 Å². The molecule has 0 aliphatic carbocycles. The van der Waals surface area contributed by atoms with Crippen LogP contribution in [0.3, 0.4) is 0 Å². The number of carbonyl (C=O) groups is 1. The molecule has 1 rings (SSSR count). The van der Waals surface area contributed by atoms with Crippen molar-refractivity contribution in [1.82, 2.24) is 5.32 Å². The second-order valence-corrected chi connectivity index (χ2v) is 11.6. The van der Waals surface area contributed by atoms with Gasteiger partial charge in [-0.2, -0.15) is 0 Å². The summed E-state index contributed by atoms with van der Waals surface area (Å²) < 4.78 is 6.18. The van der Waals surface area contributed by atoms with Gasteiger partial charge in [-0.3, -0.25) is 4.79 Å². The van der Waals surface area contributed by atoms with Gasteiger partial charge in [0.1, 0.15) is 0 Å². The van der Waals surface area contributed by atoms with Crippen LogP contribution in [0.4, 0.5) is 0 Å². The Labute approximate surface area is 100 Å². The van der Waals surface area contributed by atoms with E-state index < -0.39 is 8.32 Å². The maximum atomic E-state index is 11.2. The van der Waals surface area contributed by atoms with Crippen LogP contribution in [0.5, 0.6) is 0 Å². The smallest absolute Gasteiger partial charge is 0.220 e. The quantitative estimate of drug-likeness (QED) is 0.774. The molecule has 0 aromatic heterocycles. The zero-order valence-electron chi connectivity index (χ0n) is 11.4. The predicted octanol–water partition coefficient (Wildman–Crippen LogP) is 2.53. The SMILES string of the molecule is CC1(CO[Si](C)(C)C(C)(C)C)CNC(=O)C1. The van der Waals surface area contributed by atoms with Crippen LogP contribution in [0.25, 0.3) is 0 Å². The highest BCUT2D eigenvalue weighted by Crippen LogP contribution is 2.38. The standard InChI is InChI=1S/C12H25NO2Si/c1-11(2,3)16(5,6)15-9-12(4)7-10(14)13-8-12/h7-9H2,1-6H3,(H,13,14). The lowest BCUT2D eigenvalue weighted by molar-refractivity contribution is -0.119. The largest absolute Gasteiger partial charge is 0.416 e. The zero-order chi connectivity index (χ0) is 12.6. The summed E-state index contributed by atoms with van der Waals surface area (Å²) in [5, 5.41) is 3.12. The van der Waals surface area contributed by atoms with Gasteiger partial charge in [0, 0.05) is 25.0 Å². The van der Waals surface area contributed by atoms with Gasteiger partial charge in [-0.05, 0) is 18.1 Å². The lowest BCUT2D eigenvalue weighted by Crippen LogP contribution is -2.43. The van der Waals surface area contributed by atoms with Crippen LogP contribution in [-0.2, 0) is 9.22 Å². The second kappa shape index (κ2) is 4.15. The van der Waals surface area contributed by atoms with E-state index >= 15 is 0 Å². The summed E-state index contributed by atoms with van der Waals surface area (Å²) in [7, 11) is -1.68. The van der Waals surface area contributed by atoms with E-state index in [9.17, 15) is 4.79 Å². The molecule has 1 aliphatic rings. The number of amides is 1. The Kier molecular flexibility index (Phi) is 3.55. The van der Waals surface area contributed by atoms with Gasteiger partial charge in [0.2, 0.25) is 5.91 Å². The molecule has 1 aliphatic heterocycles. The fraction of sp³-hybridized carbons (Fsp3) is 0.917. The molecule has 1 saturated heterocycles. The molecule has 0 bridgehead atoms. The average Bonchev–Trinajstić information content (AvgIpc) is 2.42. The monoisotopic (exact) mass is 243 g/mol. The molecule has 1 unspecified atom stereocenters. The van der Waals surface area contributed by atoms with Crippen molar-refractivity contribution in [2.45, 2.75) is 52.2 Å². The minimum atomic E-state index is -1.68.